The molecule has 0 spiro atoms. The maximum absolute atomic E-state index is 11.9. The Morgan fingerprint density at radius 3 is 2.45 bits per heavy atom. The van der Waals surface area contributed by atoms with Crippen molar-refractivity contribution in [2.24, 2.45) is 17.8 Å². The quantitative estimate of drug-likeness (QED) is 0.412. The second-order valence-corrected chi connectivity index (χ2v) is 11.9. The van der Waals surface area contributed by atoms with Gasteiger partial charge in [-0.05, 0) is 87.7 Å². The number of hydrogen-bond acceptors (Lipinski definition) is 5. The number of rotatable bonds is 8. The summed E-state index contributed by atoms with van der Waals surface area (Å²) in [6.07, 6.45) is 5.75. The lowest BCUT2D eigenvalue weighted by Crippen LogP contribution is -2.54. The molecule has 2 saturated heterocycles. The van der Waals surface area contributed by atoms with Crippen LogP contribution >= 0.6 is 0 Å². The number of aryl methyl sites for hydroxylation is 2. The van der Waals surface area contributed by atoms with Gasteiger partial charge in [0.25, 0.3) is 0 Å². The molecule has 2 aliphatic heterocycles. The Morgan fingerprint density at radius 1 is 1.08 bits per heavy atom. The molecule has 0 bridgehead atoms. The number of anilines is 1. The first-order valence-corrected chi connectivity index (χ1v) is 14.6. The molecular formula is C33H43N3O2. The maximum Gasteiger partial charge on any atom is 0.302 e. The summed E-state index contributed by atoms with van der Waals surface area (Å²) < 4.78 is 5.82. The number of carbonyl (C=O) groups is 1. The summed E-state index contributed by atoms with van der Waals surface area (Å²) in [7, 11) is 0. The lowest BCUT2D eigenvalue weighted by atomic mass is 9.59. The zero-order valence-electron chi connectivity index (χ0n) is 23.4. The third kappa shape index (κ3) is 5.34. The van der Waals surface area contributed by atoms with Crippen molar-refractivity contribution in [3.05, 3.63) is 65.2 Å². The zero-order chi connectivity index (χ0) is 26.7. The van der Waals surface area contributed by atoms with Gasteiger partial charge in [0.1, 0.15) is 6.10 Å². The van der Waals surface area contributed by atoms with Crippen molar-refractivity contribution < 1.29 is 9.53 Å². The molecule has 0 amide bonds. The summed E-state index contributed by atoms with van der Waals surface area (Å²) in [6.45, 7) is 11.3. The Hall–Kier alpha value is -2.84. The first kappa shape index (κ1) is 26.8. The highest BCUT2D eigenvalue weighted by Crippen LogP contribution is 2.51. The van der Waals surface area contributed by atoms with Gasteiger partial charge in [-0.15, -0.1) is 0 Å². The van der Waals surface area contributed by atoms with Crippen LogP contribution in [0.25, 0.3) is 0 Å². The molecule has 0 aromatic heterocycles. The lowest BCUT2D eigenvalue weighted by molar-refractivity contribution is -0.149. The molecule has 3 fully saturated rings. The molecule has 3 aliphatic rings. The van der Waals surface area contributed by atoms with Crippen LogP contribution in [0.2, 0.25) is 0 Å². The van der Waals surface area contributed by atoms with Crippen LogP contribution in [0.5, 0.6) is 0 Å². The molecule has 2 aromatic carbocycles. The van der Waals surface area contributed by atoms with E-state index in [9.17, 15) is 10.1 Å². The fourth-order valence-corrected chi connectivity index (χ4v) is 7.47. The van der Waals surface area contributed by atoms with Crippen molar-refractivity contribution in [2.75, 3.05) is 37.6 Å². The van der Waals surface area contributed by atoms with E-state index in [1.807, 2.05) is 0 Å². The number of nitrogens with zero attached hydrogens (tertiary/aromatic N) is 3. The van der Waals surface area contributed by atoms with Crippen molar-refractivity contribution in [1.82, 2.24) is 4.90 Å². The molecule has 0 N–H and O–H groups in total. The highest BCUT2D eigenvalue weighted by molar-refractivity contribution is 5.66. The zero-order valence-corrected chi connectivity index (χ0v) is 23.4. The van der Waals surface area contributed by atoms with E-state index in [2.05, 4.69) is 78.2 Å². The smallest absolute Gasteiger partial charge is 0.302 e. The van der Waals surface area contributed by atoms with Gasteiger partial charge in [-0.1, -0.05) is 48.9 Å². The first-order valence-electron chi connectivity index (χ1n) is 14.6. The lowest BCUT2D eigenvalue weighted by Gasteiger charge is -2.48. The van der Waals surface area contributed by atoms with Gasteiger partial charge in [0.2, 0.25) is 0 Å². The minimum absolute atomic E-state index is 0.0500. The molecule has 202 valence electrons. The molecule has 2 aromatic rings. The van der Waals surface area contributed by atoms with E-state index in [0.29, 0.717) is 5.92 Å². The van der Waals surface area contributed by atoms with Crippen molar-refractivity contribution >= 4 is 11.7 Å². The van der Waals surface area contributed by atoms with Crippen LogP contribution < -0.4 is 4.90 Å². The highest BCUT2D eigenvalue weighted by Gasteiger charge is 2.53. The Balaban J connectivity index is 1.25. The minimum Gasteiger partial charge on any atom is -0.462 e. The highest BCUT2D eigenvalue weighted by atomic mass is 16.5. The van der Waals surface area contributed by atoms with Crippen LogP contribution in [-0.2, 0) is 21.4 Å². The largest absolute Gasteiger partial charge is 0.462 e. The summed E-state index contributed by atoms with van der Waals surface area (Å²) in [4.78, 5) is 17.0. The van der Waals surface area contributed by atoms with Crippen molar-refractivity contribution in [1.29, 1.82) is 5.26 Å². The normalized spacial score (nSPS) is 24.4. The number of ether oxygens (including phenoxy) is 1. The standard InChI is InChI=1S/C33H43N3O2/c1-4-26-11-13-30(14-12-26)36-21-27(22-36)20-35-17-15-28(16-18-35)33(23-34,29-8-5-7-24(2)19-29)31-9-6-10-32(31)38-25(3)37/h5,7-8,11-14,19,27-28,31-32H,4,6,9-10,15-18,20-22H2,1-3H3/t31-,32-,33?/m0/s1. The second-order valence-electron chi connectivity index (χ2n) is 11.9. The summed E-state index contributed by atoms with van der Waals surface area (Å²) in [6, 6.07) is 20.4. The van der Waals surface area contributed by atoms with Gasteiger partial charge in [0.15, 0.2) is 0 Å². The molecule has 0 radical (unpaired) electrons. The number of nitriles is 1. The van der Waals surface area contributed by atoms with E-state index in [1.165, 1.54) is 23.7 Å². The Morgan fingerprint density at radius 2 is 1.82 bits per heavy atom. The minimum atomic E-state index is -0.618. The number of benzene rings is 2. The van der Waals surface area contributed by atoms with Crippen LogP contribution in [0.4, 0.5) is 5.69 Å². The number of hydrogen-bond donors (Lipinski definition) is 0. The fourth-order valence-electron chi connectivity index (χ4n) is 7.47. The van der Waals surface area contributed by atoms with E-state index < -0.39 is 5.41 Å². The van der Waals surface area contributed by atoms with Gasteiger partial charge < -0.3 is 14.5 Å². The molecule has 1 unspecified atom stereocenters. The topological polar surface area (TPSA) is 56.6 Å². The number of likely N-dealkylation sites (tertiary alicyclic amines) is 1. The average molecular weight is 514 g/mol. The van der Waals surface area contributed by atoms with Crippen molar-refractivity contribution in [2.45, 2.75) is 70.8 Å². The van der Waals surface area contributed by atoms with E-state index in [0.717, 1.165) is 76.8 Å². The second kappa shape index (κ2) is 11.5. The van der Waals surface area contributed by atoms with Crippen LogP contribution in [0, 0.1) is 36.0 Å². The molecule has 5 heteroatoms. The SMILES string of the molecule is CCc1ccc(N2CC(CN3CCC(C(C#N)(c4cccc(C)c4)[C@H]4CCC[C@@H]4OC(C)=O)CC3)C2)cc1. The Bertz CT molecular complexity index is 1140. The number of carbonyl (C=O) groups excluding carboxylic acids is 1. The fraction of sp³-hybridized carbons (Fsp3) is 0.576. The molecule has 5 nitrogen and oxygen atoms in total. The molecule has 38 heavy (non-hydrogen) atoms. The summed E-state index contributed by atoms with van der Waals surface area (Å²) in [5, 5.41) is 10.9. The molecule has 5 rings (SSSR count). The van der Waals surface area contributed by atoms with Gasteiger partial charge >= 0.3 is 5.97 Å². The third-order valence-corrected chi connectivity index (χ3v) is 9.45. The first-order chi connectivity index (χ1) is 18.4. The number of piperidine rings is 1. The number of esters is 1. The molecule has 3 atom stereocenters. The van der Waals surface area contributed by atoms with Gasteiger partial charge in [-0.3, -0.25) is 4.79 Å². The average Bonchev–Trinajstić information content (AvgIpc) is 3.35. The summed E-state index contributed by atoms with van der Waals surface area (Å²) >= 11 is 0. The van der Waals surface area contributed by atoms with Gasteiger partial charge in [-0.25, -0.2) is 0 Å². The van der Waals surface area contributed by atoms with Crippen LogP contribution in [0.15, 0.2) is 48.5 Å². The van der Waals surface area contributed by atoms with E-state index in [1.54, 1.807) is 0 Å². The predicted molar refractivity (Wildman–Crippen MR) is 152 cm³/mol. The van der Waals surface area contributed by atoms with Gasteiger partial charge in [0, 0.05) is 44.1 Å². The van der Waals surface area contributed by atoms with Crippen molar-refractivity contribution in [3.63, 3.8) is 0 Å². The molecule has 2 heterocycles. The summed E-state index contributed by atoms with van der Waals surface area (Å²) in [5.74, 6) is 0.789. The molecule has 1 saturated carbocycles. The Labute approximate surface area is 228 Å². The summed E-state index contributed by atoms with van der Waals surface area (Å²) in [5.41, 5.74) is 4.41. The van der Waals surface area contributed by atoms with Gasteiger partial charge in [-0.2, -0.15) is 5.26 Å². The van der Waals surface area contributed by atoms with Crippen LogP contribution in [0.1, 0.15) is 62.6 Å². The maximum atomic E-state index is 11.9. The predicted octanol–water partition coefficient (Wildman–Crippen LogP) is 5.90. The molecule has 1 aliphatic carbocycles. The van der Waals surface area contributed by atoms with E-state index >= 15 is 0 Å². The van der Waals surface area contributed by atoms with Gasteiger partial charge in [0.05, 0.1) is 11.5 Å². The third-order valence-electron chi connectivity index (χ3n) is 9.45. The van der Waals surface area contributed by atoms with E-state index in [4.69, 9.17) is 4.74 Å². The Kier molecular flexibility index (Phi) is 8.09. The van der Waals surface area contributed by atoms with E-state index in [-0.39, 0.29) is 23.9 Å². The molecular weight excluding hydrogens is 470 g/mol. The monoisotopic (exact) mass is 513 g/mol. The van der Waals surface area contributed by atoms with Crippen LogP contribution in [-0.4, -0.2) is 49.7 Å². The van der Waals surface area contributed by atoms with Crippen molar-refractivity contribution in [3.8, 4) is 6.07 Å². The van der Waals surface area contributed by atoms with Crippen LogP contribution in [0.3, 0.4) is 0 Å².